The maximum atomic E-state index is 13.5. The molecule has 0 spiro atoms. The van der Waals surface area contributed by atoms with E-state index >= 15 is 0 Å². The number of aliphatic hydroxyl groups is 1. The number of nitriles is 1. The molecule has 0 aromatic heterocycles. The maximum absolute atomic E-state index is 13.5. The first-order chi connectivity index (χ1) is 12.5. The minimum atomic E-state index is -5.30. The molecule has 0 saturated carbocycles. The number of fused-ring (bicyclic) bond motifs is 1. The minimum absolute atomic E-state index is 0.00968. The van der Waals surface area contributed by atoms with Gasteiger partial charge in [0.05, 0.1) is 22.6 Å². The predicted octanol–water partition coefficient (Wildman–Crippen LogP) is 4.39. The number of benzene rings is 2. The molecule has 0 amide bonds. The van der Waals surface area contributed by atoms with Crippen LogP contribution in [0.2, 0.25) is 0 Å². The molecular formula is C17H12F4N2O3S. The van der Waals surface area contributed by atoms with Crippen LogP contribution in [0.15, 0.2) is 35.2 Å². The Hall–Kier alpha value is -2.64. The molecule has 2 aromatic carbocycles. The van der Waals surface area contributed by atoms with Crippen LogP contribution in [0.5, 0.6) is 11.5 Å². The molecule has 2 aromatic rings. The van der Waals surface area contributed by atoms with Crippen molar-refractivity contribution in [3.63, 3.8) is 0 Å². The van der Waals surface area contributed by atoms with Gasteiger partial charge in [-0.3, -0.25) is 0 Å². The van der Waals surface area contributed by atoms with Crippen LogP contribution in [0.3, 0.4) is 0 Å². The van der Waals surface area contributed by atoms with E-state index in [1.165, 1.54) is 6.07 Å². The first kappa shape index (κ1) is 19.1. The van der Waals surface area contributed by atoms with Gasteiger partial charge in [-0.1, -0.05) is 0 Å². The van der Waals surface area contributed by atoms with Gasteiger partial charge in [0, 0.05) is 17.2 Å². The quantitative estimate of drug-likeness (QED) is 0.747. The number of alkyl halides is 3. The Morgan fingerprint density at radius 1 is 1.30 bits per heavy atom. The molecule has 5 nitrogen and oxygen atoms in total. The van der Waals surface area contributed by atoms with Crippen LogP contribution in [0.4, 0.5) is 17.6 Å². The smallest absolute Gasteiger partial charge is 0.457 e. The second-order valence-corrected chi connectivity index (χ2v) is 7.92. The number of nitrogens with one attached hydrogen (secondary N) is 1. The van der Waals surface area contributed by atoms with Crippen LogP contribution in [0.1, 0.15) is 29.2 Å². The molecule has 1 aliphatic carbocycles. The monoisotopic (exact) mass is 400 g/mol. The van der Waals surface area contributed by atoms with Gasteiger partial charge in [-0.15, -0.1) is 0 Å². The van der Waals surface area contributed by atoms with E-state index in [1.54, 1.807) is 6.07 Å². The van der Waals surface area contributed by atoms with E-state index in [2.05, 4.69) is 0 Å². The normalized spacial score (nSPS) is 18.4. The number of halogens is 4. The van der Waals surface area contributed by atoms with E-state index in [1.807, 2.05) is 0 Å². The van der Waals surface area contributed by atoms with Gasteiger partial charge in [0.1, 0.15) is 17.3 Å². The predicted molar refractivity (Wildman–Crippen MR) is 86.1 cm³/mol. The molecule has 2 unspecified atom stereocenters. The van der Waals surface area contributed by atoms with Crippen LogP contribution in [-0.4, -0.2) is 14.8 Å². The highest BCUT2D eigenvalue weighted by atomic mass is 32.2. The molecule has 3 rings (SSSR count). The number of hydrogen-bond acceptors (Lipinski definition) is 5. The summed E-state index contributed by atoms with van der Waals surface area (Å²) < 4.78 is 77.5. The lowest BCUT2D eigenvalue weighted by Crippen LogP contribution is -2.23. The fraction of sp³-hybridized carbons (Fsp3) is 0.235. The van der Waals surface area contributed by atoms with Gasteiger partial charge in [-0.05, 0) is 37.1 Å². The van der Waals surface area contributed by atoms with Gasteiger partial charge >= 0.3 is 5.51 Å². The van der Waals surface area contributed by atoms with E-state index in [0.717, 1.165) is 24.3 Å². The highest BCUT2D eigenvalue weighted by Gasteiger charge is 2.46. The van der Waals surface area contributed by atoms with Crippen molar-refractivity contribution in [3.05, 3.63) is 52.8 Å². The van der Waals surface area contributed by atoms with Crippen molar-refractivity contribution >= 4 is 9.73 Å². The fourth-order valence-electron chi connectivity index (χ4n) is 2.96. The number of hydrogen-bond donors (Lipinski definition) is 2. The third-order valence-corrected chi connectivity index (χ3v) is 5.77. The molecular weight excluding hydrogens is 388 g/mol. The van der Waals surface area contributed by atoms with Crippen molar-refractivity contribution < 1.29 is 31.6 Å². The topological polar surface area (TPSA) is 94.2 Å². The van der Waals surface area contributed by atoms with E-state index in [9.17, 15) is 26.9 Å². The molecule has 0 bridgehead atoms. The molecule has 0 aliphatic heterocycles. The SMILES string of the molecule is N#Cc1cc(F)cc(Oc2ccc(S(=N)(=O)C(F)(F)F)c3c2CCC3O)c1. The summed E-state index contributed by atoms with van der Waals surface area (Å²) in [6.45, 7) is 0. The standard InChI is InChI=1S/C17H12F4N2O3S/c18-10-5-9(8-22)6-11(7-10)26-14-3-4-15(27(23,25)17(19,20)21)16-12(14)1-2-13(16)24/h3-7,13,23-24H,1-2H2. The van der Waals surface area contributed by atoms with Crippen molar-refractivity contribution in [3.8, 4) is 17.6 Å². The largest absolute Gasteiger partial charge is 0.483 e. The zero-order valence-electron chi connectivity index (χ0n) is 13.5. The summed E-state index contributed by atoms with van der Waals surface area (Å²) in [7, 11) is -5.16. The van der Waals surface area contributed by atoms with Gasteiger partial charge in [0.25, 0.3) is 0 Å². The van der Waals surface area contributed by atoms with Crippen LogP contribution >= 0.6 is 0 Å². The summed E-state index contributed by atoms with van der Waals surface area (Å²) in [5, 5.41) is 19.0. The van der Waals surface area contributed by atoms with Crippen molar-refractivity contribution in [1.82, 2.24) is 0 Å². The highest BCUT2D eigenvalue weighted by Crippen LogP contribution is 2.45. The molecule has 2 atom stereocenters. The molecule has 27 heavy (non-hydrogen) atoms. The summed E-state index contributed by atoms with van der Waals surface area (Å²) >= 11 is 0. The Labute approximate surface area is 151 Å². The first-order valence-electron chi connectivity index (χ1n) is 7.62. The molecule has 1 aliphatic rings. The third kappa shape index (κ3) is 3.36. The van der Waals surface area contributed by atoms with E-state index in [4.69, 9.17) is 14.8 Å². The lowest BCUT2D eigenvalue weighted by atomic mass is 10.1. The van der Waals surface area contributed by atoms with Gasteiger partial charge in [-0.2, -0.15) is 18.4 Å². The van der Waals surface area contributed by atoms with Crippen molar-refractivity contribution in [1.29, 1.82) is 10.0 Å². The molecule has 0 radical (unpaired) electrons. The zero-order valence-corrected chi connectivity index (χ0v) is 14.3. The number of nitrogens with zero attached hydrogens (tertiary/aromatic N) is 1. The van der Waals surface area contributed by atoms with Crippen LogP contribution in [-0.2, 0) is 16.1 Å². The van der Waals surface area contributed by atoms with Crippen molar-refractivity contribution in [2.24, 2.45) is 0 Å². The average molecular weight is 400 g/mol. The fourth-order valence-corrected chi connectivity index (χ4v) is 4.03. The van der Waals surface area contributed by atoms with Crippen molar-refractivity contribution in [2.45, 2.75) is 29.3 Å². The summed E-state index contributed by atoms with van der Waals surface area (Å²) in [5.41, 5.74) is -5.38. The summed E-state index contributed by atoms with van der Waals surface area (Å²) in [5.74, 6) is -0.744. The zero-order chi connectivity index (χ0) is 20.0. The number of aliphatic hydroxyl groups excluding tert-OH is 1. The number of ether oxygens (including phenoxy) is 1. The van der Waals surface area contributed by atoms with Crippen LogP contribution < -0.4 is 4.74 Å². The summed E-state index contributed by atoms with van der Waals surface area (Å²) in [6.07, 6.45) is -1.12. The van der Waals surface area contributed by atoms with Crippen molar-refractivity contribution in [2.75, 3.05) is 0 Å². The highest BCUT2D eigenvalue weighted by molar-refractivity contribution is 7.93. The Morgan fingerprint density at radius 3 is 2.63 bits per heavy atom. The lowest BCUT2D eigenvalue weighted by molar-refractivity contribution is -0.0407. The molecule has 142 valence electrons. The van der Waals surface area contributed by atoms with Crippen LogP contribution in [0.25, 0.3) is 0 Å². The van der Waals surface area contributed by atoms with Gasteiger partial charge in [-0.25, -0.2) is 13.4 Å². The molecule has 0 heterocycles. The molecule has 2 N–H and O–H groups in total. The summed E-state index contributed by atoms with van der Waals surface area (Å²) in [6, 6.07) is 6.91. The van der Waals surface area contributed by atoms with E-state index in [-0.39, 0.29) is 41.0 Å². The Kier molecular flexibility index (Phi) is 4.61. The lowest BCUT2D eigenvalue weighted by Gasteiger charge is -2.18. The molecule has 10 heteroatoms. The molecule has 0 fully saturated rings. The Morgan fingerprint density at radius 2 is 2.00 bits per heavy atom. The second kappa shape index (κ2) is 6.51. The van der Waals surface area contributed by atoms with Gasteiger partial charge in [0.15, 0.2) is 9.73 Å². The number of rotatable bonds is 3. The second-order valence-electron chi connectivity index (χ2n) is 5.90. The Bertz CT molecular complexity index is 1060. The molecule has 0 saturated heterocycles. The van der Waals surface area contributed by atoms with Gasteiger partial charge < -0.3 is 9.84 Å². The van der Waals surface area contributed by atoms with E-state index < -0.39 is 32.1 Å². The van der Waals surface area contributed by atoms with Gasteiger partial charge in [0.2, 0.25) is 0 Å². The minimum Gasteiger partial charge on any atom is -0.457 e. The summed E-state index contributed by atoms with van der Waals surface area (Å²) in [4.78, 5) is -0.806. The Balaban J connectivity index is 2.11. The van der Waals surface area contributed by atoms with E-state index in [0.29, 0.717) is 0 Å². The average Bonchev–Trinajstić information content (AvgIpc) is 2.96. The van der Waals surface area contributed by atoms with Crippen LogP contribution in [0, 0.1) is 21.9 Å². The maximum Gasteiger partial charge on any atom is 0.483 e. The third-order valence-electron chi connectivity index (χ3n) is 4.14. The first-order valence-corrected chi connectivity index (χ1v) is 9.18.